The van der Waals surface area contributed by atoms with E-state index < -0.39 is 10.8 Å². The van der Waals surface area contributed by atoms with Crippen molar-refractivity contribution in [3.63, 3.8) is 0 Å². The summed E-state index contributed by atoms with van der Waals surface area (Å²) in [6.45, 7) is 2.13. The lowest BCUT2D eigenvalue weighted by Crippen LogP contribution is -2.30. The minimum absolute atomic E-state index is 0.187. The van der Waals surface area contributed by atoms with Gasteiger partial charge >= 0.3 is 0 Å². The molecule has 0 spiro atoms. The first-order valence-corrected chi connectivity index (χ1v) is 6.37. The first kappa shape index (κ1) is 9.93. The van der Waals surface area contributed by atoms with Crippen molar-refractivity contribution in [1.82, 2.24) is 5.32 Å². The van der Waals surface area contributed by atoms with Gasteiger partial charge < -0.3 is 9.73 Å². The maximum Gasteiger partial charge on any atom is 0.0950 e. The van der Waals surface area contributed by atoms with Crippen LogP contribution in [0.1, 0.15) is 24.9 Å². The Balaban J connectivity index is 2.13. The van der Waals surface area contributed by atoms with E-state index in [1.54, 1.807) is 12.5 Å². The molecule has 2 heterocycles. The Morgan fingerprint density at radius 1 is 1.64 bits per heavy atom. The van der Waals surface area contributed by atoms with Crippen LogP contribution in [0.5, 0.6) is 0 Å². The number of nitrogens with one attached hydrogen (secondary N) is 1. The van der Waals surface area contributed by atoms with Gasteiger partial charge in [0.2, 0.25) is 0 Å². The van der Waals surface area contributed by atoms with E-state index in [-0.39, 0.29) is 6.04 Å². The van der Waals surface area contributed by atoms with E-state index in [0.29, 0.717) is 11.8 Å². The molecule has 1 aromatic rings. The van der Waals surface area contributed by atoms with Crippen LogP contribution >= 0.6 is 0 Å². The zero-order valence-electron chi connectivity index (χ0n) is 8.23. The van der Waals surface area contributed by atoms with Gasteiger partial charge in [-0.3, -0.25) is 4.21 Å². The first-order chi connectivity index (χ1) is 6.75. The number of rotatable bonds is 1. The van der Waals surface area contributed by atoms with E-state index in [1.807, 2.05) is 6.07 Å². The molecule has 1 aromatic heterocycles. The van der Waals surface area contributed by atoms with Gasteiger partial charge in [-0.15, -0.1) is 0 Å². The Bertz CT molecular complexity index is 310. The molecule has 0 amide bonds. The van der Waals surface area contributed by atoms with Crippen LogP contribution in [-0.4, -0.2) is 21.8 Å². The van der Waals surface area contributed by atoms with Crippen molar-refractivity contribution in [3.05, 3.63) is 24.2 Å². The van der Waals surface area contributed by atoms with Crippen LogP contribution in [0.2, 0.25) is 0 Å². The Kier molecular flexibility index (Phi) is 3.03. The maximum absolute atomic E-state index is 11.6. The second-order valence-corrected chi connectivity index (χ2v) is 5.40. The van der Waals surface area contributed by atoms with Crippen molar-refractivity contribution in [2.24, 2.45) is 0 Å². The Labute approximate surface area is 86.3 Å². The third-order valence-electron chi connectivity index (χ3n) is 2.56. The van der Waals surface area contributed by atoms with Crippen LogP contribution in [0.25, 0.3) is 0 Å². The van der Waals surface area contributed by atoms with Gasteiger partial charge in [-0.05, 0) is 19.4 Å². The fourth-order valence-electron chi connectivity index (χ4n) is 1.72. The van der Waals surface area contributed by atoms with Crippen LogP contribution in [0.3, 0.4) is 0 Å². The van der Waals surface area contributed by atoms with Gasteiger partial charge in [0, 0.05) is 40.0 Å². The second kappa shape index (κ2) is 4.28. The monoisotopic (exact) mass is 213 g/mol. The van der Waals surface area contributed by atoms with Crippen molar-refractivity contribution < 1.29 is 8.63 Å². The highest BCUT2D eigenvalue weighted by Gasteiger charge is 2.22. The van der Waals surface area contributed by atoms with Gasteiger partial charge in [-0.1, -0.05) is 0 Å². The lowest BCUT2D eigenvalue weighted by atomic mass is 10.1. The second-order valence-electron chi connectivity index (χ2n) is 3.78. The quantitative estimate of drug-likeness (QED) is 0.767. The SMILES string of the molecule is CC1CCS(=O)CC(c2ccoc2)N1. The highest BCUT2D eigenvalue weighted by molar-refractivity contribution is 7.85. The summed E-state index contributed by atoms with van der Waals surface area (Å²) >= 11 is 0. The maximum atomic E-state index is 11.6. The summed E-state index contributed by atoms with van der Waals surface area (Å²) < 4.78 is 16.6. The average molecular weight is 213 g/mol. The summed E-state index contributed by atoms with van der Waals surface area (Å²) in [6, 6.07) is 2.56. The molecule has 14 heavy (non-hydrogen) atoms. The molecule has 78 valence electrons. The van der Waals surface area contributed by atoms with Crippen LogP contribution in [0.15, 0.2) is 23.0 Å². The summed E-state index contributed by atoms with van der Waals surface area (Å²) in [4.78, 5) is 0. The van der Waals surface area contributed by atoms with Gasteiger partial charge in [0.25, 0.3) is 0 Å². The molecule has 0 radical (unpaired) electrons. The molecular weight excluding hydrogens is 198 g/mol. The highest BCUT2D eigenvalue weighted by atomic mass is 32.2. The molecule has 3 nitrogen and oxygen atoms in total. The van der Waals surface area contributed by atoms with E-state index in [1.165, 1.54) is 0 Å². The van der Waals surface area contributed by atoms with Crippen molar-refractivity contribution in [2.75, 3.05) is 11.5 Å². The largest absolute Gasteiger partial charge is 0.472 e. The van der Waals surface area contributed by atoms with E-state index >= 15 is 0 Å². The molecule has 0 bridgehead atoms. The normalized spacial score (nSPS) is 33.9. The van der Waals surface area contributed by atoms with Crippen LogP contribution in [-0.2, 0) is 10.8 Å². The van der Waals surface area contributed by atoms with Crippen LogP contribution in [0.4, 0.5) is 0 Å². The third-order valence-corrected chi connectivity index (χ3v) is 3.96. The molecule has 1 fully saturated rings. The first-order valence-electron chi connectivity index (χ1n) is 4.89. The molecule has 1 aliphatic rings. The Morgan fingerprint density at radius 3 is 3.21 bits per heavy atom. The summed E-state index contributed by atoms with van der Waals surface area (Å²) in [5.41, 5.74) is 1.10. The van der Waals surface area contributed by atoms with E-state index in [4.69, 9.17) is 4.42 Å². The Hall–Kier alpha value is -0.610. The topological polar surface area (TPSA) is 42.2 Å². The molecule has 3 unspecified atom stereocenters. The van der Waals surface area contributed by atoms with E-state index in [9.17, 15) is 4.21 Å². The molecule has 1 aliphatic heterocycles. The highest BCUT2D eigenvalue weighted by Crippen LogP contribution is 2.19. The van der Waals surface area contributed by atoms with Crippen LogP contribution in [0, 0.1) is 0 Å². The average Bonchev–Trinajstić information content (AvgIpc) is 2.61. The van der Waals surface area contributed by atoms with Crippen molar-refractivity contribution in [1.29, 1.82) is 0 Å². The van der Waals surface area contributed by atoms with Crippen molar-refractivity contribution in [2.45, 2.75) is 25.4 Å². The van der Waals surface area contributed by atoms with Gasteiger partial charge in [0.05, 0.1) is 12.5 Å². The summed E-state index contributed by atoms with van der Waals surface area (Å²) in [6.07, 6.45) is 4.38. The van der Waals surface area contributed by atoms with E-state index in [2.05, 4.69) is 12.2 Å². The molecule has 3 atom stereocenters. The zero-order valence-corrected chi connectivity index (χ0v) is 9.05. The fraction of sp³-hybridized carbons (Fsp3) is 0.600. The van der Waals surface area contributed by atoms with Crippen molar-refractivity contribution in [3.8, 4) is 0 Å². The molecule has 0 aliphatic carbocycles. The lowest BCUT2D eigenvalue weighted by Gasteiger charge is -2.17. The van der Waals surface area contributed by atoms with E-state index in [0.717, 1.165) is 17.7 Å². The predicted octanol–water partition coefficient (Wildman–Crippen LogP) is 1.45. The minimum Gasteiger partial charge on any atom is -0.472 e. The van der Waals surface area contributed by atoms with Gasteiger partial charge in [0.1, 0.15) is 0 Å². The summed E-state index contributed by atoms with van der Waals surface area (Å²) in [5, 5.41) is 3.46. The molecule has 2 rings (SSSR count). The molecule has 1 N–H and O–H groups in total. The van der Waals surface area contributed by atoms with Gasteiger partial charge in [-0.2, -0.15) is 0 Å². The number of hydrogen-bond acceptors (Lipinski definition) is 3. The third kappa shape index (κ3) is 2.25. The van der Waals surface area contributed by atoms with Crippen molar-refractivity contribution >= 4 is 10.8 Å². The summed E-state index contributed by atoms with van der Waals surface area (Å²) in [5.74, 6) is 1.51. The molecule has 4 heteroatoms. The van der Waals surface area contributed by atoms with Crippen LogP contribution < -0.4 is 5.32 Å². The lowest BCUT2D eigenvalue weighted by molar-refractivity contribution is 0.478. The fourth-order valence-corrected chi connectivity index (χ4v) is 3.16. The Morgan fingerprint density at radius 2 is 2.50 bits per heavy atom. The smallest absolute Gasteiger partial charge is 0.0950 e. The predicted molar refractivity (Wildman–Crippen MR) is 56.5 cm³/mol. The van der Waals surface area contributed by atoms with Gasteiger partial charge in [0.15, 0.2) is 0 Å². The summed E-state index contributed by atoms with van der Waals surface area (Å²) in [7, 11) is -0.697. The minimum atomic E-state index is -0.697. The molecular formula is C10H15NO2S. The zero-order chi connectivity index (χ0) is 9.97. The molecule has 1 saturated heterocycles. The molecule has 0 aromatic carbocycles. The molecule has 0 saturated carbocycles. The van der Waals surface area contributed by atoms with Gasteiger partial charge in [-0.25, -0.2) is 0 Å². The standard InChI is InChI=1S/C10H15NO2S/c1-8-3-5-14(12)7-10(11-8)9-2-4-13-6-9/h2,4,6,8,10-11H,3,5,7H2,1H3. The number of hydrogen-bond donors (Lipinski definition) is 1. The number of furan rings is 1.